The number of ether oxygens (including phenoxy) is 1. The van der Waals surface area contributed by atoms with Gasteiger partial charge in [-0.1, -0.05) is 23.7 Å². The van der Waals surface area contributed by atoms with Gasteiger partial charge in [0.05, 0.1) is 9.95 Å². The van der Waals surface area contributed by atoms with E-state index in [1.54, 1.807) is 19.2 Å². The van der Waals surface area contributed by atoms with Crippen molar-refractivity contribution < 1.29 is 18.8 Å². The number of nitro benzene ring substituents is 1. The summed E-state index contributed by atoms with van der Waals surface area (Å²) in [5.41, 5.74) is 0.586. The maximum Gasteiger partial charge on any atom is 0.269 e. The van der Waals surface area contributed by atoms with Crippen LogP contribution < -0.4 is 4.74 Å². The number of amides is 1. The van der Waals surface area contributed by atoms with E-state index in [1.165, 1.54) is 29.2 Å². The van der Waals surface area contributed by atoms with Crippen LogP contribution >= 0.6 is 11.6 Å². The van der Waals surface area contributed by atoms with Gasteiger partial charge >= 0.3 is 0 Å². The number of halogens is 2. The predicted molar refractivity (Wildman–Crippen MR) is 86.5 cm³/mol. The molecule has 24 heavy (non-hydrogen) atoms. The fourth-order valence-corrected chi connectivity index (χ4v) is 2.19. The van der Waals surface area contributed by atoms with Crippen molar-refractivity contribution in [2.24, 2.45) is 0 Å². The summed E-state index contributed by atoms with van der Waals surface area (Å²) in [4.78, 5) is 23.7. The molecule has 0 spiro atoms. The Morgan fingerprint density at radius 1 is 1.33 bits per heavy atom. The summed E-state index contributed by atoms with van der Waals surface area (Å²) in [6.07, 6.45) is 0. The van der Waals surface area contributed by atoms with Gasteiger partial charge in [0.1, 0.15) is 11.6 Å². The van der Waals surface area contributed by atoms with Crippen molar-refractivity contribution in [2.75, 3.05) is 13.7 Å². The summed E-state index contributed by atoms with van der Waals surface area (Å²) in [6.45, 7) is -0.0855. The Morgan fingerprint density at radius 2 is 2.08 bits per heavy atom. The molecular weight excluding hydrogens is 339 g/mol. The van der Waals surface area contributed by atoms with Crippen LogP contribution in [0.5, 0.6) is 5.75 Å². The lowest BCUT2D eigenvalue weighted by Gasteiger charge is -2.17. The average Bonchev–Trinajstić information content (AvgIpc) is 2.54. The monoisotopic (exact) mass is 352 g/mol. The fourth-order valence-electron chi connectivity index (χ4n) is 1.97. The van der Waals surface area contributed by atoms with E-state index in [9.17, 15) is 19.3 Å². The van der Waals surface area contributed by atoms with E-state index < -0.39 is 10.7 Å². The van der Waals surface area contributed by atoms with Gasteiger partial charge in [0, 0.05) is 25.7 Å². The summed E-state index contributed by atoms with van der Waals surface area (Å²) >= 11 is 5.82. The molecular formula is C16H14ClFN2O4. The third kappa shape index (κ3) is 4.66. The molecule has 0 fully saturated rings. The van der Waals surface area contributed by atoms with Crippen molar-refractivity contribution in [3.05, 3.63) is 69.0 Å². The van der Waals surface area contributed by atoms with E-state index in [1.807, 2.05) is 0 Å². The molecule has 2 rings (SSSR count). The van der Waals surface area contributed by atoms with Crippen molar-refractivity contribution in [1.29, 1.82) is 0 Å². The summed E-state index contributed by atoms with van der Waals surface area (Å²) in [6, 6.07) is 9.64. The Hall–Kier alpha value is -2.67. The fraction of sp³-hybridized carbons (Fsp3) is 0.188. The summed E-state index contributed by atoms with van der Waals surface area (Å²) in [5, 5.41) is 10.8. The van der Waals surface area contributed by atoms with Gasteiger partial charge in [-0.25, -0.2) is 4.39 Å². The zero-order valence-electron chi connectivity index (χ0n) is 12.7. The lowest BCUT2D eigenvalue weighted by Crippen LogP contribution is -2.31. The number of non-ortho nitro benzene ring substituents is 1. The van der Waals surface area contributed by atoms with E-state index in [0.717, 1.165) is 6.07 Å². The molecule has 0 unspecified atom stereocenters. The zero-order chi connectivity index (χ0) is 17.7. The second-order valence-corrected chi connectivity index (χ2v) is 5.45. The number of benzene rings is 2. The van der Waals surface area contributed by atoms with Gasteiger partial charge in [-0.15, -0.1) is 0 Å². The first-order chi connectivity index (χ1) is 11.4. The van der Waals surface area contributed by atoms with Gasteiger partial charge in [-0.3, -0.25) is 14.9 Å². The number of nitro groups is 1. The summed E-state index contributed by atoms with van der Waals surface area (Å²) in [7, 11) is 1.55. The van der Waals surface area contributed by atoms with Crippen molar-refractivity contribution in [1.82, 2.24) is 4.90 Å². The molecule has 0 aliphatic heterocycles. The SMILES string of the molecule is CN(Cc1cccc([N+](=O)[O-])c1)C(=O)COc1ccc(F)cc1Cl. The van der Waals surface area contributed by atoms with Crippen LogP contribution in [0.4, 0.5) is 10.1 Å². The molecule has 0 aliphatic carbocycles. The third-order valence-electron chi connectivity index (χ3n) is 3.21. The van der Waals surface area contributed by atoms with E-state index in [2.05, 4.69) is 0 Å². The Morgan fingerprint density at radius 3 is 2.75 bits per heavy atom. The van der Waals surface area contributed by atoms with E-state index in [-0.39, 0.29) is 35.5 Å². The highest BCUT2D eigenvalue weighted by atomic mass is 35.5. The van der Waals surface area contributed by atoms with Crippen LogP contribution in [0.15, 0.2) is 42.5 Å². The smallest absolute Gasteiger partial charge is 0.269 e. The third-order valence-corrected chi connectivity index (χ3v) is 3.51. The normalized spacial score (nSPS) is 10.3. The van der Waals surface area contributed by atoms with Crippen molar-refractivity contribution >= 4 is 23.2 Å². The van der Waals surface area contributed by atoms with Crippen LogP contribution in [-0.4, -0.2) is 29.4 Å². The molecule has 1 amide bonds. The first-order valence-electron chi connectivity index (χ1n) is 6.92. The Bertz CT molecular complexity index is 769. The summed E-state index contributed by atoms with van der Waals surface area (Å²) in [5.74, 6) is -0.640. The standard InChI is InChI=1S/C16H14ClFN2O4/c1-19(9-11-3-2-4-13(7-11)20(22)23)16(21)10-24-15-6-5-12(18)8-14(15)17/h2-8H,9-10H2,1H3. The predicted octanol–water partition coefficient (Wildman–Crippen LogP) is 3.42. The number of hydrogen-bond donors (Lipinski definition) is 0. The van der Waals surface area contributed by atoms with Crippen LogP contribution in [0.2, 0.25) is 5.02 Å². The molecule has 0 saturated heterocycles. The average molecular weight is 353 g/mol. The van der Waals surface area contributed by atoms with E-state index in [4.69, 9.17) is 16.3 Å². The Balaban J connectivity index is 1.94. The molecule has 0 radical (unpaired) electrons. The van der Waals surface area contributed by atoms with Gasteiger partial charge < -0.3 is 9.64 Å². The lowest BCUT2D eigenvalue weighted by atomic mass is 10.2. The van der Waals surface area contributed by atoms with Crippen molar-refractivity contribution in [3.8, 4) is 5.75 Å². The number of rotatable bonds is 6. The molecule has 0 atom stereocenters. The number of hydrogen-bond acceptors (Lipinski definition) is 4. The molecule has 0 aromatic heterocycles. The second-order valence-electron chi connectivity index (χ2n) is 5.04. The highest BCUT2D eigenvalue weighted by molar-refractivity contribution is 6.32. The maximum absolute atomic E-state index is 12.9. The molecule has 0 heterocycles. The quantitative estimate of drug-likeness (QED) is 0.589. The van der Waals surface area contributed by atoms with Crippen molar-refractivity contribution in [3.63, 3.8) is 0 Å². The molecule has 6 nitrogen and oxygen atoms in total. The highest BCUT2D eigenvalue weighted by Crippen LogP contribution is 2.24. The minimum Gasteiger partial charge on any atom is -0.482 e. The topological polar surface area (TPSA) is 72.7 Å². The molecule has 2 aromatic rings. The zero-order valence-corrected chi connectivity index (χ0v) is 13.5. The Labute approximate surface area is 142 Å². The molecule has 126 valence electrons. The van der Waals surface area contributed by atoms with Crippen LogP contribution in [0.25, 0.3) is 0 Å². The lowest BCUT2D eigenvalue weighted by molar-refractivity contribution is -0.384. The van der Waals surface area contributed by atoms with Gasteiger partial charge in [-0.2, -0.15) is 0 Å². The van der Waals surface area contributed by atoms with Crippen molar-refractivity contribution in [2.45, 2.75) is 6.54 Å². The minimum absolute atomic E-state index is 0.0392. The molecule has 0 saturated carbocycles. The number of likely N-dealkylation sites (N-methyl/N-ethyl adjacent to an activating group) is 1. The number of carbonyl (C=O) groups excluding carboxylic acids is 1. The Kier molecular flexibility index (Phi) is 5.70. The van der Waals surface area contributed by atoms with Gasteiger partial charge in [-0.05, 0) is 23.8 Å². The molecule has 8 heteroatoms. The number of carbonyl (C=O) groups is 1. The first-order valence-corrected chi connectivity index (χ1v) is 7.30. The molecule has 0 bridgehead atoms. The van der Waals surface area contributed by atoms with Gasteiger partial charge in [0.2, 0.25) is 0 Å². The van der Waals surface area contributed by atoms with Crippen LogP contribution in [0.1, 0.15) is 5.56 Å². The van der Waals surface area contributed by atoms with Gasteiger partial charge in [0.15, 0.2) is 6.61 Å². The van der Waals surface area contributed by atoms with Crippen LogP contribution in [0.3, 0.4) is 0 Å². The van der Waals surface area contributed by atoms with E-state index in [0.29, 0.717) is 5.56 Å². The maximum atomic E-state index is 12.9. The van der Waals surface area contributed by atoms with Crippen LogP contribution in [-0.2, 0) is 11.3 Å². The minimum atomic E-state index is -0.499. The van der Waals surface area contributed by atoms with Gasteiger partial charge in [0.25, 0.3) is 11.6 Å². The largest absolute Gasteiger partial charge is 0.482 e. The second kappa shape index (κ2) is 7.74. The highest BCUT2D eigenvalue weighted by Gasteiger charge is 2.13. The van der Waals surface area contributed by atoms with Crippen LogP contribution in [0, 0.1) is 15.9 Å². The van der Waals surface area contributed by atoms with E-state index >= 15 is 0 Å². The summed E-state index contributed by atoms with van der Waals surface area (Å²) < 4.78 is 18.2. The molecule has 0 N–H and O–H groups in total. The molecule has 2 aromatic carbocycles. The number of nitrogens with zero attached hydrogens (tertiary/aromatic N) is 2. The first kappa shape index (κ1) is 17.7. The molecule has 0 aliphatic rings.